The molecule has 0 aromatic heterocycles. The van der Waals surface area contributed by atoms with Crippen LogP contribution in [-0.2, 0) is 4.89 Å². The van der Waals surface area contributed by atoms with Crippen molar-refractivity contribution in [3.05, 3.63) is 29.1 Å². The van der Waals surface area contributed by atoms with E-state index in [0.29, 0.717) is 11.8 Å². The highest BCUT2D eigenvalue weighted by Crippen LogP contribution is 2.22. The van der Waals surface area contributed by atoms with Crippen molar-refractivity contribution < 1.29 is 19.0 Å². The van der Waals surface area contributed by atoms with Gasteiger partial charge in [0.1, 0.15) is 6.29 Å². The first-order valence-corrected chi connectivity index (χ1v) is 3.65. The fourth-order valence-electron chi connectivity index (χ4n) is 0.957. The minimum Gasteiger partial charge on any atom is -0.335 e. The van der Waals surface area contributed by atoms with E-state index in [2.05, 4.69) is 9.78 Å². The van der Waals surface area contributed by atoms with Gasteiger partial charge in [-0.25, -0.2) is 4.39 Å². The van der Waals surface area contributed by atoms with Gasteiger partial charge in [-0.3, -0.25) is 4.79 Å². The van der Waals surface area contributed by atoms with Crippen molar-refractivity contribution in [1.82, 2.24) is 0 Å². The highest BCUT2D eigenvalue weighted by Gasteiger charge is 2.10. The molecule has 0 bridgehead atoms. The first kappa shape index (κ1) is 9.67. The molecule has 0 fully saturated rings. The van der Waals surface area contributed by atoms with Gasteiger partial charge in [0, 0.05) is 5.56 Å². The predicted molar refractivity (Wildman–Crippen MR) is 44.2 cm³/mol. The number of halogens is 1. The first-order chi connectivity index (χ1) is 6.20. The SMILES string of the molecule is COOc1ccc(C=O)c(C)c1F. The second-order valence-electron chi connectivity index (χ2n) is 2.46. The van der Waals surface area contributed by atoms with Gasteiger partial charge in [0.2, 0.25) is 5.75 Å². The predicted octanol–water partition coefficient (Wildman–Crippen LogP) is 1.89. The average Bonchev–Trinajstić information content (AvgIpc) is 2.14. The Morgan fingerprint density at radius 2 is 2.15 bits per heavy atom. The molecular formula is C9H9FO3. The van der Waals surface area contributed by atoms with Crippen LogP contribution in [0.25, 0.3) is 0 Å². The summed E-state index contributed by atoms with van der Waals surface area (Å²) in [5.41, 5.74) is 0.561. The summed E-state index contributed by atoms with van der Waals surface area (Å²) in [5.74, 6) is -0.600. The van der Waals surface area contributed by atoms with Crippen LogP contribution in [0.15, 0.2) is 12.1 Å². The molecule has 0 unspecified atom stereocenters. The van der Waals surface area contributed by atoms with Crippen molar-refractivity contribution in [3.8, 4) is 5.75 Å². The number of carbonyl (C=O) groups excluding carboxylic acids is 1. The third kappa shape index (κ3) is 1.84. The molecule has 0 N–H and O–H groups in total. The normalized spacial score (nSPS) is 9.77. The Balaban J connectivity index is 3.14. The van der Waals surface area contributed by atoms with Gasteiger partial charge in [-0.15, -0.1) is 0 Å². The summed E-state index contributed by atoms with van der Waals surface area (Å²) in [7, 11) is 1.28. The minimum atomic E-state index is -0.577. The monoisotopic (exact) mass is 184 g/mol. The van der Waals surface area contributed by atoms with Crippen LogP contribution in [0.2, 0.25) is 0 Å². The lowest BCUT2D eigenvalue weighted by Gasteiger charge is -2.05. The third-order valence-electron chi connectivity index (χ3n) is 1.69. The summed E-state index contributed by atoms with van der Waals surface area (Å²) in [6.45, 7) is 1.50. The van der Waals surface area contributed by atoms with Crippen LogP contribution in [0.5, 0.6) is 5.75 Å². The minimum absolute atomic E-state index is 0.0226. The molecule has 0 aliphatic carbocycles. The highest BCUT2D eigenvalue weighted by molar-refractivity contribution is 5.77. The Morgan fingerprint density at radius 3 is 2.69 bits per heavy atom. The molecule has 3 nitrogen and oxygen atoms in total. The van der Waals surface area contributed by atoms with Crippen LogP contribution in [0, 0.1) is 12.7 Å². The average molecular weight is 184 g/mol. The maximum Gasteiger partial charge on any atom is 0.201 e. The van der Waals surface area contributed by atoms with E-state index in [4.69, 9.17) is 0 Å². The molecule has 0 radical (unpaired) electrons. The van der Waals surface area contributed by atoms with Crippen molar-refractivity contribution in [2.75, 3.05) is 7.11 Å². The number of aldehydes is 1. The Hall–Kier alpha value is -1.42. The zero-order valence-corrected chi connectivity index (χ0v) is 7.33. The maximum atomic E-state index is 13.3. The maximum absolute atomic E-state index is 13.3. The second-order valence-corrected chi connectivity index (χ2v) is 2.46. The van der Waals surface area contributed by atoms with E-state index in [1.165, 1.54) is 26.2 Å². The molecule has 70 valence electrons. The van der Waals surface area contributed by atoms with E-state index in [0.717, 1.165) is 0 Å². The van der Waals surface area contributed by atoms with Crippen LogP contribution >= 0.6 is 0 Å². The zero-order chi connectivity index (χ0) is 9.84. The molecule has 0 spiro atoms. The largest absolute Gasteiger partial charge is 0.335 e. The summed E-state index contributed by atoms with van der Waals surface area (Å²) in [6, 6.07) is 2.81. The van der Waals surface area contributed by atoms with Crippen molar-refractivity contribution in [2.45, 2.75) is 6.92 Å². The smallest absolute Gasteiger partial charge is 0.201 e. The number of hydrogen-bond donors (Lipinski definition) is 0. The number of carbonyl (C=O) groups is 1. The molecule has 0 saturated heterocycles. The Morgan fingerprint density at radius 1 is 1.46 bits per heavy atom. The molecule has 0 heterocycles. The van der Waals surface area contributed by atoms with Crippen LogP contribution in [0.4, 0.5) is 4.39 Å². The van der Waals surface area contributed by atoms with E-state index in [-0.39, 0.29) is 11.3 Å². The Kier molecular flexibility index (Phi) is 2.97. The first-order valence-electron chi connectivity index (χ1n) is 3.65. The second kappa shape index (κ2) is 4.00. The quantitative estimate of drug-likeness (QED) is 0.408. The third-order valence-corrected chi connectivity index (χ3v) is 1.69. The molecule has 1 aromatic carbocycles. The summed E-state index contributed by atoms with van der Waals surface area (Å²) in [5, 5.41) is 0. The van der Waals surface area contributed by atoms with E-state index < -0.39 is 5.82 Å². The van der Waals surface area contributed by atoms with Gasteiger partial charge < -0.3 is 4.89 Å². The molecule has 0 aliphatic heterocycles. The summed E-state index contributed by atoms with van der Waals surface area (Å²) in [4.78, 5) is 19.2. The van der Waals surface area contributed by atoms with E-state index in [1.54, 1.807) is 0 Å². The number of hydrogen-bond acceptors (Lipinski definition) is 3. The van der Waals surface area contributed by atoms with Gasteiger partial charge in [-0.05, 0) is 24.6 Å². The molecule has 4 heteroatoms. The molecule has 0 saturated carbocycles. The molecule has 1 aromatic rings. The molecular weight excluding hydrogens is 175 g/mol. The Bertz CT molecular complexity index is 323. The van der Waals surface area contributed by atoms with Crippen LogP contribution < -0.4 is 4.89 Å². The van der Waals surface area contributed by atoms with Crippen molar-refractivity contribution in [3.63, 3.8) is 0 Å². The summed E-state index contributed by atoms with van der Waals surface area (Å²) >= 11 is 0. The van der Waals surface area contributed by atoms with Crippen LogP contribution in [0.3, 0.4) is 0 Å². The molecule has 0 aliphatic rings. The Labute approximate surface area is 75.0 Å². The molecule has 13 heavy (non-hydrogen) atoms. The van der Waals surface area contributed by atoms with E-state index in [1.807, 2.05) is 0 Å². The van der Waals surface area contributed by atoms with Crippen molar-refractivity contribution >= 4 is 6.29 Å². The summed E-state index contributed by atoms with van der Waals surface area (Å²) in [6.07, 6.45) is 0.592. The molecule has 1 rings (SSSR count). The van der Waals surface area contributed by atoms with Gasteiger partial charge in [-0.1, -0.05) is 0 Å². The topological polar surface area (TPSA) is 35.5 Å². The fourth-order valence-corrected chi connectivity index (χ4v) is 0.957. The van der Waals surface area contributed by atoms with Crippen LogP contribution in [0.1, 0.15) is 15.9 Å². The van der Waals surface area contributed by atoms with Gasteiger partial charge in [0.15, 0.2) is 5.82 Å². The van der Waals surface area contributed by atoms with Crippen LogP contribution in [-0.4, -0.2) is 13.4 Å². The van der Waals surface area contributed by atoms with Gasteiger partial charge in [-0.2, -0.15) is 4.89 Å². The fraction of sp³-hybridized carbons (Fsp3) is 0.222. The summed E-state index contributed by atoms with van der Waals surface area (Å²) < 4.78 is 13.3. The van der Waals surface area contributed by atoms with Gasteiger partial charge >= 0.3 is 0 Å². The molecule has 0 atom stereocenters. The van der Waals surface area contributed by atoms with Crippen molar-refractivity contribution in [1.29, 1.82) is 0 Å². The van der Waals surface area contributed by atoms with Crippen molar-refractivity contribution in [2.24, 2.45) is 0 Å². The highest BCUT2D eigenvalue weighted by atomic mass is 19.1. The standard InChI is InChI=1S/C9H9FO3/c1-6-7(5-11)3-4-8(9(6)10)13-12-2/h3-5H,1-2H3. The van der Waals surface area contributed by atoms with Gasteiger partial charge in [0.25, 0.3) is 0 Å². The lowest BCUT2D eigenvalue weighted by atomic mass is 10.1. The lowest BCUT2D eigenvalue weighted by molar-refractivity contribution is -0.180. The number of benzene rings is 1. The lowest BCUT2D eigenvalue weighted by Crippen LogP contribution is -1.98. The van der Waals surface area contributed by atoms with Gasteiger partial charge in [0.05, 0.1) is 7.11 Å². The molecule has 0 amide bonds. The zero-order valence-electron chi connectivity index (χ0n) is 7.33. The van der Waals surface area contributed by atoms with E-state index >= 15 is 0 Å². The van der Waals surface area contributed by atoms with E-state index in [9.17, 15) is 9.18 Å². The number of rotatable bonds is 3.